The summed E-state index contributed by atoms with van der Waals surface area (Å²) in [6.07, 6.45) is 11.0. The fourth-order valence-electron chi connectivity index (χ4n) is 2.78. The topological polar surface area (TPSA) is 22.1 Å². The summed E-state index contributed by atoms with van der Waals surface area (Å²) in [6, 6.07) is 3.97. The molecule has 0 atom stereocenters. The van der Waals surface area contributed by atoms with E-state index in [1.165, 1.54) is 39.0 Å². The molecule has 2 nitrogen and oxygen atoms in total. The number of pyridine rings is 1. The first-order chi connectivity index (χ1) is 9.74. The van der Waals surface area contributed by atoms with E-state index in [4.69, 9.17) is 16.3 Å². The quantitative estimate of drug-likeness (QED) is 0.544. The van der Waals surface area contributed by atoms with Gasteiger partial charge in [-0.25, -0.2) is 4.98 Å². The fraction of sp³-hybridized carbons (Fsp3) is 0.500. The lowest BCUT2D eigenvalue weighted by Gasteiger charge is -2.28. The Morgan fingerprint density at radius 2 is 2.05 bits per heavy atom. The predicted molar refractivity (Wildman–Crippen MR) is 91.4 cm³/mol. The molecule has 20 heavy (non-hydrogen) atoms. The van der Waals surface area contributed by atoms with Gasteiger partial charge in [-0.3, -0.25) is 0 Å². The molecule has 0 spiro atoms. The summed E-state index contributed by atoms with van der Waals surface area (Å²) in [6.45, 7) is 2.30. The maximum absolute atomic E-state index is 6.23. The smallest absolute Gasteiger partial charge is 0.152 e. The van der Waals surface area contributed by atoms with Gasteiger partial charge in [0.15, 0.2) is 3.77 Å². The number of halogens is 2. The third-order valence-corrected chi connectivity index (χ3v) is 6.91. The van der Waals surface area contributed by atoms with Gasteiger partial charge in [0.2, 0.25) is 0 Å². The Labute approximate surface area is 134 Å². The fourth-order valence-corrected chi connectivity index (χ4v) is 5.29. The number of hydrogen-bond acceptors (Lipinski definition) is 2. The van der Waals surface area contributed by atoms with Crippen LogP contribution in [0.25, 0.3) is 6.08 Å². The number of rotatable bonds is 3. The van der Waals surface area contributed by atoms with Crippen LogP contribution in [0.15, 0.2) is 22.0 Å². The first-order valence-corrected chi connectivity index (χ1v) is 9.81. The van der Waals surface area contributed by atoms with Gasteiger partial charge in [0, 0.05) is 3.15 Å². The van der Waals surface area contributed by atoms with Crippen molar-refractivity contribution in [2.75, 3.05) is 0 Å². The standard InChI is InChI=1S/C16H19ClINO/c1-2-11-3-5-12(6-4-11)20-16-10-8-14-13(18-16)7-9-15(17)19-14/h7-12H,2-6H2,1H3. The van der Waals surface area contributed by atoms with E-state index in [-0.39, 0.29) is 20.7 Å². The molecule has 1 aliphatic carbocycles. The second-order valence-corrected chi connectivity index (χ2v) is 8.55. The molecule has 0 saturated heterocycles. The minimum absolute atomic E-state index is 0.239. The molecule has 0 N–H and O–H groups in total. The van der Waals surface area contributed by atoms with Crippen molar-refractivity contribution < 1.29 is 4.74 Å². The van der Waals surface area contributed by atoms with E-state index in [0.29, 0.717) is 11.3 Å². The lowest BCUT2D eigenvalue weighted by Crippen LogP contribution is -2.20. The Balaban J connectivity index is 1.68. The molecular formula is C16H19ClINO. The summed E-state index contributed by atoms with van der Waals surface area (Å²) in [5, 5.41) is 1.59. The summed E-state index contributed by atoms with van der Waals surface area (Å²) in [7, 11) is 0. The highest BCUT2D eigenvalue weighted by atomic mass is 127. The highest BCUT2D eigenvalue weighted by Crippen LogP contribution is 2.32. The van der Waals surface area contributed by atoms with Gasteiger partial charge in [-0.15, -0.1) is 0 Å². The Morgan fingerprint density at radius 3 is 2.80 bits per heavy atom. The molecule has 0 bridgehead atoms. The average molecular weight is 404 g/mol. The number of hydrogen-bond donors (Lipinski definition) is 0. The van der Waals surface area contributed by atoms with Crippen LogP contribution in [0.3, 0.4) is 0 Å². The van der Waals surface area contributed by atoms with E-state index >= 15 is 0 Å². The summed E-state index contributed by atoms with van der Waals surface area (Å²) in [5.41, 5.74) is 0. The molecular weight excluding hydrogens is 385 g/mol. The van der Waals surface area contributed by atoms with E-state index in [0.717, 1.165) is 11.3 Å². The number of nitrogens with zero attached hydrogens (tertiary/aromatic N) is 1. The van der Waals surface area contributed by atoms with Gasteiger partial charge in [0.25, 0.3) is 0 Å². The van der Waals surface area contributed by atoms with Crippen molar-refractivity contribution in [2.45, 2.75) is 45.1 Å². The number of allylic oxidation sites excluding steroid dienone is 1. The number of aromatic nitrogens is 1. The van der Waals surface area contributed by atoms with Gasteiger partial charge in [-0.1, -0.05) is 24.9 Å². The molecule has 1 aromatic rings. The monoisotopic (exact) mass is 403 g/mol. The number of ether oxygens (including phenoxy) is 1. The van der Waals surface area contributed by atoms with Crippen molar-refractivity contribution in [2.24, 2.45) is 5.92 Å². The molecule has 0 aromatic carbocycles. The third kappa shape index (κ3) is 3.42. The molecule has 2 aliphatic rings. The van der Waals surface area contributed by atoms with Gasteiger partial charge in [-0.2, -0.15) is 0 Å². The van der Waals surface area contributed by atoms with Crippen LogP contribution in [0.1, 0.15) is 39.0 Å². The molecule has 108 valence electrons. The number of fused-ring (bicyclic) bond motifs is 1. The minimum atomic E-state index is -0.239. The molecule has 2 heterocycles. The Morgan fingerprint density at radius 1 is 1.25 bits per heavy atom. The molecule has 1 fully saturated rings. The van der Waals surface area contributed by atoms with Crippen molar-refractivity contribution in [1.82, 2.24) is 4.98 Å². The third-order valence-electron chi connectivity index (χ3n) is 4.06. The Kier molecular flexibility index (Phi) is 4.76. The molecule has 1 aromatic heterocycles. The van der Waals surface area contributed by atoms with Crippen LogP contribution < -0.4 is 5.35 Å². The van der Waals surface area contributed by atoms with Crippen molar-refractivity contribution in [1.29, 1.82) is 0 Å². The van der Waals surface area contributed by atoms with Crippen LogP contribution in [0.4, 0.5) is 0 Å². The van der Waals surface area contributed by atoms with E-state index in [9.17, 15) is 0 Å². The normalized spacial score (nSPS) is 25.4. The lowest BCUT2D eigenvalue weighted by atomic mass is 9.86. The molecule has 0 amide bonds. The van der Waals surface area contributed by atoms with E-state index in [1.54, 1.807) is 0 Å². The van der Waals surface area contributed by atoms with Crippen molar-refractivity contribution in [3.63, 3.8) is 0 Å². The molecule has 1 aliphatic heterocycles. The van der Waals surface area contributed by atoms with Gasteiger partial charge < -0.3 is 4.74 Å². The summed E-state index contributed by atoms with van der Waals surface area (Å²) < 4.78 is 8.72. The molecule has 1 saturated carbocycles. The van der Waals surface area contributed by atoms with Crippen molar-refractivity contribution in [3.05, 3.63) is 35.6 Å². The second-order valence-electron chi connectivity index (χ2n) is 5.40. The van der Waals surface area contributed by atoms with Crippen LogP contribution in [-0.2, 0) is 4.74 Å². The van der Waals surface area contributed by atoms with E-state index in [1.807, 2.05) is 12.1 Å². The van der Waals surface area contributed by atoms with Gasteiger partial charge in [0.05, 0.1) is 11.5 Å². The molecule has 4 heteroatoms. The summed E-state index contributed by atoms with van der Waals surface area (Å²) in [5.74, 6) is 0.920. The van der Waals surface area contributed by atoms with Crippen molar-refractivity contribution >= 4 is 38.4 Å². The first kappa shape index (κ1) is 14.5. The highest BCUT2D eigenvalue weighted by Gasteiger charge is 2.21. The maximum Gasteiger partial charge on any atom is 0.152 e. The second kappa shape index (κ2) is 6.56. The minimum Gasteiger partial charge on any atom is -0.485 e. The summed E-state index contributed by atoms with van der Waals surface area (Å²) in [4.78, 5) is 4.35. The maximum atomic E-state index is 6.23. The highest BCUT2D eigenvalue weighted by molar-refractivity contribution is 14.2. The predicted octanol–water partition coefficient (Wildman–Crippen LogP) is 4.58. The van der Waals surface area contributed by atoms with Crippen LogP contribution in [0, 0.1) is 9.07 Å². The first-order valence-electron chi connectivity index (χ1n) is 7.27. The summed E-state index contributed by atoms with van der Waals surface area (Å²) >= 11 is 5.69. The van der Waals surface area contributed by atoms with E-state index in [2.05, 4.69) is 24.1 Å². The largest absolute Gasteiger partial charge is 0.485 e. The average Bonchev–Trinajstić information content (AvgIpc) is 2.48. The molecule has 3 rings (SSSR count). The van der Waals surface area contributed by atoms with Crippen LogP contribution in [0.5, 0.6) is 0 Å². The zero-order valence-electron chi connectivity index (χ0n) is 11.6. The van der Waals surface area contributed by atoms with Crippen LogP contribution >= 0.6 is 32.3 Å². The van der Waals surface area contributed by atoms with Crippen LogP contribution in [0.2, 0.25) is 5.15 Å². The van der Waals surface area contributed by atoms with Crippen LogP contribution in [-0.4, -0.2) is 11.1 Å². The Hall–Kier alpha value is -0.420. The van der Waals surface area contributed by atoms with Gasteiger partial charge >= 0.3 is 0 Å². The zero-order valence-corrected chi connectivity index (χ0v) is 14.5. The SMILES string of the molecule is CCC1CCC(OC2=CC=c3nc(Cl)ccc3=I2)CC1. The molecule has 0 unspecified atom stereocenters. The van der Waals surface area contributed by atoms with E-state index < -0.39 is 0 Å². The zero-order chi connectivity index (χ0) is 13.9. The van der Waals surface area contributed by atoms with Gasteiger partial charge in [0.1, 0.15) is 5.15 Å². The molecule has 0 radical (unpaired) electrons. The van der Waals surface area contributed by atoms with Gasteiger partial charge in [-0.05, 0) is 76.6 Å². The Bertz CT molecular complexity index is 632. The lowest BCUT2D eigenvalue weighted by molar-refractivity contribution is 0.0846. The van der Waals surface area contributed by atoms with Crippen molar-refractivity contribution in [3.8, 4) is 0 Å².